The van der Waals surface area contributed by atoms with E-state index >= 15 is 0 Å². The lowest BCUT2D eigenvalue weighted by atomic mass is 10.2. The van der Waals surface area contributed by atoms with Gasteiger partial charge in [-0.25, -0.2) is 15.0 Å². The number of hydrogen-bond donors (Lipinski definition) is 1. The van der Waals surface area contributed by atoms with Gasteiger partial charge < -0.3 is 19.9 Å². The molecule has 0 aromatic carbocycles. The van der Waals surface area contributed by atoms with Gasteiger partial charge in [0.05, 0.1) is 6.33 Å². The first-order chi connectivity index (χ1) is 11.5. The van der Waals surface area contributed by atoms with Crippen molar-refractivity contribution in [1.82, 2.24) is 19.5 Å². The van der Waals surface area contributed by atoms with Crippen LogP contribution < -0.4 is 5.73 Å². The molecule has 1 aliphatic heterocycles. The lowest BCUT2D eigenvalue weighted by Crippen LogP contribution is -2.31. The Bertz CT molecular complexity index is 776. The number of ether oxygens (including phenoxy) is 3. The van der Waals surface area contributed by atoms with Crippen molar-refractivity contribution in [3.8, 4) is 0 Å². The highest BCUT2D eigenvalue weighted by Gasteiger charge is 2.39. The molecule has 1 unspecified atom stereocenters. The van der Waals surface area contributed by atoms with E-state index in [1.165, 1.54) is 20.2 Å². The van der Waals surface area contributed by atoms with Crippen LogP contribution in [-0.4, -0.2) is 50.3 Å². The van der Waals surface area contributed by atoms with Crippen LogP contribution in [0.15, 0.2) is 12.7 Å². The summed E-state index contributed by atoms with van der Waals surface area (Å²) in [7, 11) is 0. The van der Waals surface area contributed by atoms with E-state index in [4.69, 9.17) is 19.9 Å². The number of nitrogens with two attached hydrogens (primary N) is 1. The molecule has 0 spiro atoms. The van der Waals surface area contributed by atoms with Crippen LogP contribution in [-0.2, 0) is 23.8 Å². The van der Waals surface area contributed by atoms with Gasteiger partial charge in [0, 0.05) is 20.3 Å². The maximum atomic E-state index is 11.3. The summed E-state index contributed by atoms with van der Waals surface area (Å²) in [6.07, 6.45) is 1.67. The van der Waals surface area contributed by atoms with E-state index in [1.807, 2.05) is 0 Å². The van der Waals surface area contributed by atoms with Crippen molar-refractivity contribution in [3.05, 3.63) is 12.7 Å². The summed E-state index contributed by atoms with van der Waals surface area (Å²) in [4.78, 5) is 34.6. The van der Waals surface area contributed by atoms with E-state index in [0.717, 1.165) is 0 Å². The Morgan fingerprint density at radius 2 is 2.12 bits per heavy atom. The lowest BCUT2D eigenvalue weighted by molar-refractivity contribution is -0.155. The Morgan fingerprint density at radius 1 is 1.33 bits per heavy atom. The summed E-state index contributed by atoms with van der Waals surface area (Å²) in [5, 5.41) is 0. The normalized spacial score (nSPS) is 23.3. The lowest BCUT2D eigenvalue weighted by Gasteiger charge is -2.17. The van der Waals surface area contributed by atoms with Gasteiger partial charge in [0.2, 0.25) is 0 Å². The molecule has 10 nitrogen and oxygen atoms in total. The average Bonchev–Trinajstić information content (AvgIpc) is 3.09. The van der Waals surface area contributed by atoms with Crippen molar-refractivity contribution in [3.63, 3.8) is 0 Å². The van der Waals surface area contributed by atoms with Crippen molar-refractivity contribution in [2.75, 3.05) is 12.3 Å². The Morgan fingerprint density at radius 3 is 2.83 bits per heavy atom. The predicted octanol–water partition coefficient (Wildman–Crippen LogP) is 0.191. The molecule has 128 valence electrons. The fraction of sp³-hybridized carbons (Fsp3) is 0.500. The predicted molar refractivity (Wildman–Crippen MR) is 80.4 cm³/mol. The first-order valence-corrected chi connectivity index (χ1v) is 7.34. The number of carbonyl (C=O) groups is 2. The number of aromatic nitrogens is 4. The topological polar surface area (TPSA) is 131 Å². The minimum Gasteiger partial charge on any atom is -0.463 e. The fourth-order valence-corrected chi connectivity index (χ4v) is 2.64. The highest BCUT2D eigenvalue weighted by atomic mass is 16.6. The van der Waals surface area contributed by atoms with Gasteiger partial charge in [-0.1, -0.05) is 0 Å². The third-order valence-electron chi connectivity index (χ3n) is 3.65. The molecular weight excluding hydrogens is 318 g/mol. The summed E-state index contributed by atoms with van der Waals surface area (Å²) in [6.45, 7) is 2.61. The van der Waals surface area contributed by atoms with Gasteiger partial charge >= 0.3 is 11.9 Å². The average molecular weight is 335 g/mol. The molecule has 1 saturated heterocycles. The molecule has 2 aromatic heterocycles. The SMILES string of the molecule is CC(=O)OC[C@H]1O[C@@H](n2cnc3c(N)ncnc32)CC1OC(C)=O. The van der Waals surface area contributed by atoms with Gasteiger partial charge in [-0.2, -0.15) is 0 Å². The zero-order valence-corrected chi connectivity index (χ0v) is 13.2. The Hall–Kier alpha value is -2.75. The molecule has 1 aliphatic rings. The first-order valence-electron chi connectivity index (χ1n) is 7.34. The van der Waals surface area contributed by atoms with Crippen LogP contribution in [0.2, 0.25) is 0 Å². The first kappa shape index (κ1) is 16.1. The molecule has 24 heavy (non-hydrogen) atoms. The molecule has 10 heteroatoms. The second-order valence-corrected chi connectivity index (χ2v) is 5.40. The van der Waals surface area contributed by atoms with E-state index in [0.29, 0.717) is 17.6 Å². The van der Waals surface area contributed by atoms with Gasteiger partial charge in [-0.05, 0) is 0 Å². The number of anilines is 1. The van der Waals surface area contributed by atoms with Crippen LogP contribution in [0.4, 0.5) is 5.82 Å². The number of fused-ring (bicyclic) bond motifs is 1. The van der Waals surface area contributed by atoms with E-state index in [9.17, 15) is 9.59 Å². The zero-order chi connectivity index (χ0) is 17.3. The number of carbonyl (C=O) groups excluding carboxylic acids is 2. The van der Waals surface area contributed by atoms with Crippen LogP contribution in [0.5, 0.6) is 0 Å². The molecule has 0 saturated carbocycles. The van der Waals surface area contributed by atoms with Crippen LogP contribution in [0.25, 0.3) is 11.2 Å². The molecule has 0 amide bonds. The summed E-state index contributed by atoms with van der Waals surface area (Å²) < 4.78 is 17.8. The third kappa shape index (κ3) is 3.13. The van der Waals surface area contributed by atoms with Gasteiger partial charge in [-0.3, -0.25) is 14.2 Å². The van der Waals surface area contributed by atoms with Crippen molar-refractivity contribution >= 4 is 28.9 Å². The van der Waals surface area contributed by atoms with Crippen molar-refractivity contribution in [2.45, 2.75) is 38.7 Å². The third-order valence-corrected chi connectivity index (χ3v) is 3.65. The Labute approximate surface area is 136 Å². The van der Waals surface area contributed by atoms with Crippen LogP contribution in [0.1, 0.15) is 26.5 Å². The Balaban J connectivity index is 1.84. The molecule has 2 N–H and O–H groups in total. The van der Waals surface area contributed by atoms with Crippen LogP contribution in [0.3, 0.4) is 0 Å². The molecule has 0 bridgehead atoms. The minimum absolute atomic E-state index is 0.00642. The number of nitrogen functional groups attached to an aromatic ring is 1. The van der Waals surface area contributed by atoms with Gasteiger partial charge in [-0.15, -0.1) is 0 Å². The monoisotopic (exact) mass is 335 g/mol. The van der Waals surface area contributed by atoms with Gasteiger partial charge in [0.25, 0.3) is 0 Å². The minimum atomic E-state index is -0.570. The summed E-state index contributed by atoms with van der Waals surface area (Å²) in [5.41, 5.74) is 6.76. The number of esters is 2. The molecule has 3 atom stereocenters. The van der Waals surface area contributed by atoms with Crippen molar-refractivity contribution in [2.24, 2.45) is 0 Å². The van der Waals surface area contributed by atoms with Crippen molar-refractivity contribution < 1.29 is 23.8 Å². The molecular formula is C14H17N5O5. The zero-order valence-electron chi connectivity index (χ0n) is 13.2. The summed E-state index contributed by atoms with van der Waals surface area (Å²) >= 11 is 0. The van der Waals surface area contributed by atoms with E-state index in [2.05, 4.69) is 15.0 Å². The fourth-order valence-electron chi connectivity index (χ4n) is 2.64. The second kappa shape index (κ2) is 6.40. The molecule has 2 aromatic rings. The van der Waals surface area contributed by atoms with Gasteiger partial charge in [0.1, 0.15) is 36.9 Å². The van der Waals surface area contributed by atoms with E-state index < -0.39 is 30.4 Å². The van der Waals surface area contributed by atoms with Crippen molar-refractivity contribution in [1.29, 1.82) is 0 Å². The molecule has 3 rings (SSSR count). The smallest absolute Gasteiger partial charge is 0.303 e. The van der Waals surface area contributed by atoms with E-state index in [-0.39, 0.29) is 12.4 Å². The summed E-state index contributed by atoms with van der Waals surface area (Å²) in [6, 6.07) is 0. The molecule has 0 radical (unpaired) electrons. The summed E-state index contributed by atoms with van der Waals surface area (Å²) in [5.74, 6) is -0.596. The molecule has 1 fully saturated rings. The largest absolute Gasteiger partial charge is 0.463 e. The number of imidazole rings is 1. The van der Waals surface area contributed by atoms with Gasteiger partial charge in [0.15, 0.2) is 11.5 Å². The second-order valence-electron chi connectivity index (χ2n) is 5.40. The number of hydrogen-bond acceptors (Lipinski definition) is 9. The number of rotatable bonds is 4. The quantitative estimate of drug-likeness (QED) is 0.777. The van der Waals surface area contributed by atoms with E-state index in [1.54, 1.807) is 10.9 Å². The van der Waals surface area contributed by atoms with Crippen LogP contribution >= 0.6 is 0 Å². The highest BCUT2D eigenvalue weighted by Crippen LogP contribution is 2.33. The molecule has 0 aliphatic carbocycles. The number of nitrogens with zero attached hydrogens (tertiary/aromatic N) is 4. The maximum absolute atomic E-state index is 11.3. The van der Waals surface area contributed by atoms with Crippen LogP contribution in [0, 0.1) is 0 Å². The standard InChI is InChI=1S/C14H17N5O5/c1-7(20)22-4-10-9(23-8(2)21)3-11(24-10)19-6-18-12-13(15)16-5-17-14(12)19/h5-6,9-11H,3-4H2,1-2H3,(H2,15,16,17)/t9?,10-,11-/m1/s1. The maximum Gasteiger partial charge on any atom is 0.303 e. The Kier molecular flexibility index (Phi) is 4.30. The molecule has 3 heterocycles. The highest BCUT2D eigenvalue weighted by molar-refractivity contribution is 5.81.